The van der Waals surface area contributed by atoms with Gasteiger partial charge in [0.25, 0.3) is 5.91 Å². The van der Waals surface area contributed by atoms with Crippen LogP contribution in [-0.2, 0) is 0 Å². The second-order valence-electron chi connectivity index (χ2n) is 6.90. The number of hydrazine groups is 1. The van der Waals surface area contributed by atoms with Gasteiger partial charge in [-0.15, -0.1) is 12.3 Å². The topological polar surface area (TPSA) is 153 Å². The Morgan fingerprint density at radius 2 is 1.93 bits per heavy atom. The fourth-order valence-corrected chi connectivity index (χ4v) is 3.19. The number of aromatic hydroxyl groups is 1. The third-order valence-corrected chi connectivity index (χ3v) is 4.86. The average Bonchev–Trinajstić information content (AvgIpc) is 3.52. The van der Waals surface area contributed by atoms with E-state index in [0.29, 0.717) is 30.5 Å². The maximum Gasteiger partial charge on any atom is 0.262 e. The minimum Gasteiger partial charge on any atom is -0.507 e. The van der Waals surface area contributed by atoms with Gasteiger partial charge in [-0.05, 0) is 30.5 Å². The largest absolute Gasteiger partial charge is 0.507 e. The highest BCUT2D eigenvalue weighted by Gasteiger charge is 2.40. The summed E-state index contributed by atoms with van der Waals surface area (Å²) in [6.07, 6.45) is 7.35. The predicted molar refractivity (Wildman–Crippen MR) is 113 cm³/mol. The predicted octanol–water partition coefficient (Wildman–Crippen LogP) is 1.79. The molecule has 8 heteroatoms. The lowest BCUT2D eigenvalue weighted by atomic mass is 9.93. The number of terminal acetylenes is 1. The maximum atomic E-state index is 12.8. The first-order valence-electron chi connectivity index (χ1n) is 9.43. The van der Waals surface area contributed by atoms with E-state index in [-0.39, 0.29) is 28.5 Å². The summed E-state index contributed by atoms with van der Waals surface area (Å²) in [4.78, 5) is 12.8. The van der Waals surface area contributed by atoms with E-state index < -0.39 is 5.91 Å². The van der Waals surface area contributed by atoms with Crippen LogP contribution in [-0.4, -0.2) is 29.2 Å². The van der Waals surface area contributed by atoms with E-state index >= 15 is 0 Å². The van der Waals surface area contributed by atoms with Gasteiger partial charge in [0.05, 0.1) is 22.9 Å². The summed E-state index contributed by atoms with van der Waals surface area (Å²) in [5.74, 6) is 1.45. The summed E-state index contributed by atoms with van der Waals surface area (Å²) in [5, 5.41) is 33.1. The fraction of sp³-hybridized carbons (Fsp3) is 0.227. The number of carbonyl (C=O) groups excluding carboxylic acids is 1. The van der Waals surface area contributed by atoms with Gasteiger partial charge in [0.2, 0.25) is 0 Å². The molecule has 1 saturated heterocycles. The zero-order valence-electron chi connectivity index (χ0n) is 16.2. The molecule has 6 N–H and O–H groups in total. The van der Waals surface area contributed by atoms with E-state index in [9.17, 15) is 15.2 Å². The Hall–Kier alpha value is -3.85. The molecule has 1 amide bonds. The summed E-state index contributed by atoms with van der Waals surface area (Å²) >= 11 is 0. The summed E-state index contributed by atoms with van der Waals surface area (Å²) in [6, 6.07) is 13.7. The molecule has 0 unspecified atom stereocenters. The Labute approximate surface area is 174 Å². The Balaban J connectivity index is 1.70. The molecule has 0 radical (unpaired) electrons. The quantitative estimate of drug-likeness (QED) is 0.180. The molecule has 0 atom stereocenters. The first-order valence-corrected chi connectivity index (χ1v) is 9.43. The molecule has 30 heavy (non-hydrogen) atoms. The van der Waals surface area contributed by atoms with Gasteiger partial charge >= 0.3 is 0 Å². The number of hydrogen-bond donors (Lipinski definition) is 6. The van der Waals surface area contributed by atoms with E-state index in [4.69, 9.17) is 11.8 Å². The van der Waals surface area contributed by atoms with Gasteiger partial charge in [-0.2, -0.15) is 5.26 Å². The number of amides is 1. The van der Waals surface area contributed by atoms with Crippen LogP contribution in [0, 0.1) is 29.1 Å². The van der Waals surface area contributed by atoms with Crippen molar-refractivity contribution in [2.75, 3.05) is 6.54 Å². The van der Waals surface area contributed by atoms with Crippen LogP contribution in [0.15, 0.2) is 42.5 Å². The van der Waals surface area contributed by atoms with E-state index in [1.54, 1.807) is 24.3 Å². The highest BCUT2D eigenvalue weighted by atomic mass is 16.3. The van der Waals surface area contributed by atoms with Crippen molar-refractivity contribution in [3.8, 4) is 35.3 Å². The monoisotopic (exact) mass is 402 g/mol. The van der Waals surface area contributed by atoms with Crippen molar-refractivity contribution in [2.24, 2.45) is 0 Å². The second kappa shape index (κ2) is 9.10. The van der Waals surface area contributed by atoms with Crippen molar-refractivity contribution < 1.29 is 9.90 Å². The minimum atomic E-state index is -0.675. The molecule has 1 aliphatic heterocycles. The lowest BCUT2D eigenvalue weighted by Gasteiger charge is -2.16. The third-order valence-electron chi connectivity index (χ3n) is 4.86. The van der Waals surface area contributed by atoms with Crippen LogP contribution in [0.2, 0.25) is 0 Å². The van der Waals surface area contributed by atoms with Gasteiger partial charge in [0, 0.05) is 18.5 Å². The first-order chi connectivity index (χ1) is 14.5. The molecule has 1 fully saturated rings. The average molecular weight is 402 g/mol. The highest BCUT2D eigenvalue weighted by Crippen LogP contribution is 2.33. The van der Waals surface area contributed by atoms with Crippen LogP contribution in [0.1, 0.15) is 35.2 Å². The van der Waals surface area contributed by atoms with E-state index in [2.05, 4.69) is 33.5 Å². The zero-order valence-corrected chi connectivity index (χ0v) is 16.2. The molecule has 3 rings (SSSR count). The number of phenols is 1. The second-order valence-corrected chi connectivity index (χ2v) is 6.90. The highest BCUT2D eigenvalue weighted by molar-refractivity contribution is 6.11. The van der Waals surface area contributed by atoms with Gasteiger partial charge in [0.15, 0.2) is 5.96 Å². The minimum absolute atomic E-state index is 0.0529. The van der Waals surface area contributed by atoms with Gasteiger partial charge in [-0.3, -0.25) is 15.5 Å². The van der Waals surface area contributed by atoms with Crippen LogP contribution >= 0.6 is 0 Å². The molecular formula is C22H22N6O2. The third kappa shape index (κ3) is 4.76. The van der Waals surface area contributed by atoms with Crippen LogP contribution in [0.25, 0.3) is 11.1 Å². The number of hydrogen-bond acceptors (Lipinski definition) is 6. The van der Waals surface area contributed by atoms with E-state index in [1.807, 2.05) is 6.07 Å². The number of carbonyl (C=O) groups is 1. The molecule has 0 bridgehead atoms. The molecule has 1 heterocycles. The Morgan fingerprint density at radius 3 is 2.57 bits per heavy atom. The van der Waals surface area contributed by atoms with Crippen molar-refractivity contribution in [1.82, 2.24) is 21.5 Å². The van der Waals surface area contributed by atoms with E-state index in [1.165, 1.54) is 12.1 Å². The molecule has 2 aromatic carbocycles. The Kier molecular flexibility index (Phi) is 6.33. The smallest absolute Gasteiger partial charge is 0.262 e. The molecule has 0 aromatic heterocycles. The van der Waals surface area contributed by atoms with Crippen LogP contribution in [0.4, 0.5) is 0 Å². The first kappa shape index (κ1) is 20.9. The summed E-state index contributed by atoms with van der Waals surface area (Å²) in [7, 11) is 0. The summed E-state index contributed by atoms with van der Waals surface area (Å²) in [6.45, 7) is 0.430. The zero-order chi connectivity index (χ0) is 21.6. The standard InChI is InChI=1S/C22H22N6O2/c1-2-3-11-22(27-28-22)12-13-25-21(24)26-20(30)19-17(29)10-9-16(14-23)18(19)15-7-5-4-6-8-15/h1,4-10,27-29H,3,11-13H2,(H3,24,25,26,30). The van der Waals surface area contributed by atoms with Crippen molar-refractivity contribution in [2.45, 2.75) is 24.9 Å². The van der Waals surface area contributed by atoms with Crippen LogP contribution < -0.4 is 21.5 Å². The lowest BCUT2D eigenvalue weighted by Crippen LogP contribution is -2.42. The molecule has 0 aliphatic carbocycles. The molecule has 0 saturated carbocycles. The normalized spacial score (nSPS) is 13.5. The molecule has 2 aromatic rings. The SMILES string of the molecule is C#CCCC1(CCNC(=N)NC(=O)c2c(O)ccc(C#N)c2-c2ccccc2)NN1. The maximum absolute atomic E-state index is 12.8. The number of guanidine groups is 1. The van der Waals surface area contributed by atoms with Crippen LogP contribution in [0.3, 0.4) is 0 Å². The molecule has 1 aliphatic rings. The number of rotatable bonds is 7. The van der Waals surface area contributed by atoms with Gasteiger partial charge < -0.3 is 10.4 Å². The van der Waals surface area contributed by atoms with Crippen molar-refractivity contribution >= 4 is 11.9 Å². The number of nitrogens with zero attached hydrogens (tertiary/aromatic N) is 1. The molecule has 0 spiro atoms. The fourth-order valence-electron chi connectivity index (χ4n) is 3.19. The summed E-state index contributed by atoms with van der Waals surface area (Å²) in [5.41, 5.74) is 7.04. The molecular weight excluding hydrogens is 380 g/mol. The molecule has 152 valence electrons. The van der Waals surface area contributed by atoms with Crippen molar-refractivity contribution in [3.63, 3.8) is 0 Å². The van der Waals surface area contributed by atoms with Gasteiger partial charge in [-0.25, -0.2) is 10.9 Å². The van der Waals surface area contributed by atoms with Gasteiger partial charge in [0.1, 0.15) is 5.75 Å². The summed E-state index contributed by atoms with van der Waals surface area (Å²) < 4.78 is 0. The number of phenolic OH excluding ortho intramolecular Hbond substituents is 1. The van der Waals surface area contributed by atoms with Crippen LogP contribution in [0.5, 0.6) is 5.75 Å². The molecule has 8 nitrogen and oxygen atoms in total. The Bertz CT molecular complexity index is 1030. The van der Waals surface area contributed by atoms with Crippen molar-refractivity contribution in [1.29, 1.82) is 10.7 Å². The van der Waals surface area contributed by atoms with E-state index in [0.717, 1.165) is 6.42 Å². The lowest BCUT2D eigenvalue weighted by molar-refractivity contribution is 0.0973. The van der Waals surface area contributed by atoms with Crippen molar-refractivity contribution in [3.05, 3.63) is 53.6 Å². The van der Waals surface area contributed by atoms with Gasteiger partial charge in [-0.1, -0.05) is 30.3 Å². The number of nitriles is 1. The number of nitrogens with one attached hydrogen (secondary N) is 5. The number of benzene rings is 2. The Morgan fingerprint density at radius 1 is 1.20 bits per heavy atom.